The molecule has 3 rings (SSSR count). The van der Waals surface area contributed by atoms with E-state index in [0.29, 0.717) is 6.04 Å². The molecule has 2 atom stereocenters. The molecule has 2 unspecified atom stereocenters. The number of piperidine rings is 1. The molecule has 1 aromatic rings. The molecule has 2 nitrogen and oxygen atoms in total. The van der Waals surface area contributed by atoms with Gasteiger partial charge in [-0.25, -0.2) is 0 Å². The summed E-state index contributed by atoms with van der Waals surface area (Å²) in [6, 6.07) is 10.9. The van der Waals surface area contributed by atoms with E-state index in [0.717, 1.165) is 12.6 Å². The van der Waals surface area contributed by atoms with Crippen LogP contribution in [0, 0.1) is 0 Å². The maximum absolute atomic E-state index is 3.82. The fourth-order valence-corrected chi connectivity index (χ4v) is 5.02. The summed E-state index contributed by atoms with van der Waals surface area (Å²) in [4.78, 5) is 2.70. The van der Waals surface area contributed by atoms with E-state index in [4.69, 9.17) is 0 Å². The van der Waals surface area contributed by atoms with Crippen LogP contribution in [0.15, 0.2) is 24.3 Å². The predicted molar refractivity (Wildman–Crippen MR) is 93.9 cm³/mol. The lowest BCUT2D eigenvalue weighted by atomic mass is 9.99. The summed E-state index contributed by atoms with van der Waals surface area (Å²) in [6.07, 6.45) is 5.55. The zero-order valence-corrected chi connectivity index (χ0v) is 14.9. The van der Waals surface area contributed by atoms with Crippen LogP contribution in [0.3, 0.4) is 0 Å². The summed E-state index contributed by atoms with van der Waals surface area (Å²) in [5.74, 6) is 0. The minimum Gasteiger partial charge on any atom is -0.308 e. The summed E-state index contributed by atoms with van der Waals surface area (Å²) >= 11 is 0. The van der Waals surface area contributed by atoms with Crippen LogP contribution in [0.25, 0.3) is 0 Å². The molecular formula is C18H30N2Si. The average Bonchev–Trinajstić information content (AvgIpc) is 2.88. The lowest BCUT2D eigenvalue weighted by Crippen LogP contribution is -2.44. The normalized spacial score (nSPS) is 26.8. The Morgan fingerprint density at radius 1 is 1.05 bits per heavy atom. The molecule has 3 heteroatoms. The third kappa shape index (κ3) is 3.58. The molecule has 2 aliphatic heterocycles. The molecule has 2 fully saturated rings. The van der Waals surface area contributed by atoms with Gasteiger partial charge in [0.25, 0.3) is 0 Å². The van der Waals surface area contributed by atoms with Gasteiger partial charge < -0.3 is 5.32 Å². The molecule has 1 aromatic carbocycles. The van der Waals surface area contributed by atoms with Gasteiger partial charge in [-0.05, 0) is 31.4 Å². The number of fused-ring (bicyclic) bond motifs is 1. The largest absolute Gasteiger partial charge is 0.308 e. The molecule has 0 aliphatic carbocycles. The van der Waals surface area contributed by atoms with E-state index in [2.05, 4.69) is 54.1 Å². The summed E-state index contributed by atoms with van der Waals surface area (Å²) < 4.78 is 0. The minimum atomic E-state index is -1.16. The van der Waals surface area contributed by atoms with E-state index in [-0.39, 0.29) is 0 Å². The molecule has 1 N–H and O–H groups in total. The van der Waals surface area contributed by atoms with Crippen molar-refractivity contribution in [3.8, 4) is 0 Å². The van der Waals surface area contributed by atoms with Crippen LogP contribution >= 0.6 is 0 Å². The Labute approximate surface area is 130 Å². The van der Waals surface area contributed by atoms with E-state index >= 15 is 0 Å². The zero-order chi connectivity index (χ0) is 14.9. The number of hydrogen-bond acceptors (Lipinski definition) is 2. The summed E-state index contributed by atoms with van der Waals surface area (Å²) in [5, 5.41) is 5.39. The zero-order valence-electron chi connectivity index (χ0n) is 13.9. The van der Waals surface area contributed by atoms with Crippen molar-refractivity contribution in [1.82, 2.24) is 10.2 Å². The second-order valence-corrected chi connectivity index (χ2v) is 12.9. The Balaban J connectivity index is 1.55. The van der Waals surface area contributed by atoms with Crippen LogP contribution < -0.4 is 10.5 Å². The van der Waals surface area contributed by atoms with Crippen LogP contribution in [0.5, 0.6) is 0 Å². The van der Waals surface area contributed by atoms with Gasteiger partial charge in [0.1, 0.15) is 0 Å². The van der Waals surface area contributed by atoms with Crippen LogP contribution in [0.1, 0.15) is 31.2 Å². The van der Waals surface area contributed by atoms with E-state index in [9.17, 15) is 0 Å². The van der Waals surface area contributed by atoms with E-state index < -0.39 is 8.07 Å². The summed E-state index contributed by atoms with van der Waals surface area (Å²) in [5.41, 5.74) is 1.44. The van der Waals surface area contributed by atoms with E-state index in [1.807, 2.05) is 0 Å². The number of benzene rings is 1. The van der Waals surface area contributed by atoms with E-state index in [1.54, 1.807) is 5.19 Å². The maximum Gasteiger partial charge on any atom is 0.0775 e. The van der Waals surface area contributed by atoms with Gasteiger partial charge >= 0.3 is 0 Å². The first-order chi connectivity index (χ1) is 10.0. The average molecular weight is 303 g/mol. The quantitative estimate of drug-likeness (QED) is 0.860. The Morgan fingerprint density at radius 2 is 1.81 bits per heavy atom. The van der Waals surface area contributed by atoms with E-state index in [1.165, 1.54) is 44.3 Å². The number of nitrogens with zero attached hydrogens (tertiary/aromatic N) is 1. The van der Waals surface area contributed by atoms with Crippen molar-refractivity contribution in [2.45, 2.75) is 64.0 Å². The van der Waals surface area contributed by atoms with Crippen molar-refractivity contribution < 1.29 is 0 Å². The first kappa shape index (κ1) is 15.3. The molecular weight excluding hydrogens is 272 g/mol. The Bertz CT molecular complexity index is 463. The standard InChI is InChI=1S/C18H30N2Si/c1-21(2,3)16-9-7-15(8-10-16)14-19-17-11-13-20-12-5-4-6-18(17)20/h7-10,17-19H,4-6,11-14H2,1-3H3. The SMILES string of the molecule is C[Si](C)(C)c1ccc(CNC2CCN3CCCCC23)cc1. The first-order valence-electron chi connectivity index (χ1n) is 8.61. The summed E-state index contributed by atoms with van der Waals surface area (Å²) in [6.45, 7) is 10.9. The molecule has 2 saturated heterocycles. The van der Waals surface area contributed by atoms with Crippen LogP contribution in [-0.2, 0) is 6.54 Å². The van der Waals surface area contributed by atoms with Crippen LogP contribution in [0.2, 0.25) is 19.6 Å². The highest BCUT2D eigenvalue weighted by atomic mass is 28.3. The molecule has 0 amide bonds. The van der Waals surface area contributed by atoms with Gasteiger partial charge in [0.15, 0.2) is 0 Å². The molecule has 21 heavy (non-hydrogen) atoms. The third-order valence-corrected chi connectivity index (χ3v) is 7.31. The van der Waals surface area contributed by atoms with Crippen molar-refractivity contribution in [3.63, 3.8) is 0 Å². The van der Waals surface area contributed by atoms with Crippen molar-refractivity contribution in [2.75, 3.05) is 13.1 Å². The van der Waals surface area contributed by atoms with Crippen LogP contribution in [-0.4, -0.2) is 38.1 Å². The van der Waals surface area contributed by atoms with Crippen LogP contribution in [0.4, 0.5) is 0 Å². The molecule has 2 aliphatic rings. The Kier molecular flexibility index (Phi) is 4.53. The first-order valence-corrected chi connectivity index (χ1v) is 12.1. The van der Waals surface area contributed by atoms with Gasteiger partial charge in [-0.1, -0.05) is 55.5 Å². The van der Waals surface area contributed by atoms with Gasteiger partial charge in [0.2, 0.25) is 0 Å². The number of rotatable bonds is 4. The maximum atomic E-state index is 3.82. The molecule has 0 bridgehead atoms. The number of nitrogens with one attached hydrogen (secondary N) is 1. The monoisotopic (exact) mass is 302 g/mol. The van der Waals surface area contributed by atoms with Gasteiger partial charge in [0.05, 0.1) is 8.07 Å². The number of hydrogen-bond donors (Lipinski definition) is 1. The fourth-order valence-electron chi connectivity index (χ4n) is 3.86. The smallest absolute Gasteiger partial charge is 0.0775 e. The second kappa shape index (κ2) is 6.23. The molecule has 0 spiro atoms. The highest BCUT2D eigenvalue weighted by Gasteiger charge is 2.34. The van der Waals surface area contributed by atoms with Crippen molar-refractivity contribution in [1.29, 1.82) is 0 Å². The minimum absolute atomic E-state index is 0.710. The fraction of sp³-hybridized carbons (Fsp3) is 0.667. The van der Waals surface area contributed by atoms with Crippen molar-refractivity contribution in [2.24, 2.45) is 0 Å². The summed E-state index contributed by atoms with van der Waals surface area (Å²) in [7, 11) is -1.16. The molecule has 0 aromatic heterocycles. The van der Waals surface area contributed by atoms with Crippen molar-refractivity contribution >= 4 is 13.3 Å². The highest BCUT2D eigenvalue weighted by molar-refractivity contribution is 6.88. The Hall–Kier alpha value is -0.643. The van der Waals surface area contributed by atoms with Gasteiger partial charge in [0, 0.05) is 25.2 Å². The molecule has 2 heterocycles. The predicted octanol–water partition coefficient (Wildman–Crippen LogP) is 2.95. The van der Waals surface area contributed by atoms with Crippen molar-refractivity contribution in [3.05, 3.63) is 29.8 Å². The lowest BCUT2D eigenvalue weighted by molar-refractivity contribution is 0.180. The lowest BCUT2D eigenvalue weighted by Gasteiger charge is -2.32. The van der Waals surface area contributed by atoms with Gasteiger partial charge in [-0.2, -0.15) is 0 Å². The molecule has 0 radical (unpaired) electrons. The third-order valence-electron chi connectivity index (χ3n) is 5.24. The molecule has 116 valence electrons. The topological polar surface area (TPSA) is 15.3 Å². The van der Waals surface area contributed by atoms with Gasteiger partial charge in [-0.3, -0.25) is 4.90 Å². The second-order valence-electron chi connectivity index (χ2n) is 7.82. The molecule has 0 saturated carbocycles. The highest BCUT2D eigenvalue weighted by Crippen LogP contribution is 2.27. The van der Waals surface area contributed by atoms with Gasteiger partial charge in [-0.15, -0.1) is 0 Å². The Morgan fingerprint density at radius 3 is 2.52 bits per heavy atom.